The molecule has 1 aromatic heterocycles. The second-order valence-corrected chi connectivity index (χ2v) is 6.10. The number of aryl methyl sites for hydroxylation is 1. The van der Waals surface area contributed by atoms with E-state index in [-0.39, 0.29) is 11.4 Å². The van der Waals surface area contributed by atoms with E-state index in [4.69, 9.17) is 0 Å². The average Bonchev–Trinajstić information content (AvgIpc) is 3.05. The highest BCUT2D eigenvalue weighted by Crippen LogP contribution is 2.31. The van der Waals surface area contributed by atoms with Crippen LogP contribution in [0.15, 0.2) is 12.3 Å². The maximum absolute atomic E-state index is 12.3. The molecule has 0 aromatic carbocycles. The van der Waals surface area contributed by atoms with Crippen molar-refractivity contribution in [1.82, 2.24) is 20.0 Å². The van der Waals surface area contributed by atoms with Crippen molar-refractivity contribution in [1.29, 1.82) is 0 Å². The Morgan fingerprint density at radius 2 is 2.33 bits per heavy atom. The summed E-state index contributed by atoms with van der Waals surface area (Å²) in [4.78, 5) is 24.9. The normalized spacial score (nSPS) is 21.5. The van der Waals surface area contributed by atoms with Crippen molar-refractivity contribution in [2.75, 3.05) is 12.3 Å². The van der Waals surface area contributed by atoms with E-state index in [1.165, 1.54) is 16.7 Å². The van der Waals surface area contributed by atoms with Gasteiger partial charge >= 0.3 is 12.0 Å². The molecule has 0 aliphatic carbocycles. The summed E-state index contributed by atoms with van der Waals surface area (Å²) in [5.74, 6) is -0.497. The summed E-state index contributed by atoms with van der Waals surface area (Å²) in [5.41, 5.74) is 1.02. The van der Waals surface area contributed by atoms with Crippen LogP contribution in [0.4, 0.5) is 4.79 Å². The highest BCUT2D eigenvalue weighted by molar-refractivity contribution is 8.00. The molecule has 8 heteroatoms. The maximum atomic E-state index is 12.3. The van der Waals surface area contributed by atoms with Gasteiger partial charge in [0.25, 0.3) is 0 Å². The number of hydrogen-bond acceptors (Lipinski definition) is 4. The minimum absolute atomic E-state index is 0.0668. The van der Waals surface area contributed by atoms with Crippen LogP contribution in [0.2, 0.25) is 0 Å². The topological polar surface area (TPSA) is 87.5 Å². The van der Waals surface area contributed by atoms with Gasteiger partial charge in [-0.05, 0) is 12.5 Å². The van der Waals surface area contributed by atoms with Crippen LogP contribution >= 0.6 is 11.8 Å². The molecular weight excluding hydrogens is 292 g/mol. The fraction of sp³-hybridized carbons (Fsp3) is 0.615. The van der Waals surface area contributed by atoms with Gasteiger partial charge < -0.3 is 10.4 Å². The average molecular weight is 312 g/mol. The molecule has 0 saturated carbocycles. The Bertz CT molecular complexity index is 519. The number of amides is 2. The zero-order chi connectivity index (χ0) is 15.4. The first-order valence-corrected chi connectivity index (χ1v) is 7.97. The molecule has 2 unspecified atom stereocenters. The van der Waals surface area contributed by atoms with E-state index in [1.807, 2.05) is 20.0 Å². The van der Waals surface area contributed by atoms with Crippen molar-refractivity contribution in [2.45, 2.75) is 31.2 Å². The second kappa shape index (κ2) is 6.84. The van der Waals surface area contributed by atoms with Crippen molar-refractivity contribution in [3.63, 3.8) is 0 Å². The molecule has 1 aliphatic rings. The summed E-state index contributed by atoms with van der Waals surface area (Å²) in [6.45, 7) is 2.42. The third-order valence-electron chi connectivity index (χ3n) is 3.54. The van der Waals surface area contributed by atoms with Crippen LogP contribution in [0.3, 0.4) is 0 Å². The highest BCUT2D eigenvalue weighted by atomic mass is 32.2. The smallest absolute Gasteiger partial charge is 0.327 e. The number of rotatable bonds is 5. The van der Waals surface area contributed by atoms with E-state index in [0.717, 1.165) is 12.1 Å². The lowest BCUT2D eigenvalue weighted by Gasteiger charge is -2.26. The van der Waals surface area contributed by atoms with E-state index in [1.54, 1.807) is 10.9 Å². The van der Waals surface area contributed by atoms with Crippen molar-refractivity contribution in [3.05, 3.63) is 18.0 Å². The Balaban J connectivity index is 1.91. The first kappa shape index (κ1) is 15.7. The molecule has 1 saturated heterocycles. The van der Waals surface area contributed by atoms with Crippen LogP contribution in [0.1, 0.15) is 19.0 Å². The summed E-state index contributed by atoms with van der Waals surface area (Å²) in [6.07, 6.45) is 3.11. The molecule has 116 valence electrons. The van der Waals surface area contributed by atoms with E-state index in [2.05, 4.69) is 10.4 Å². The summed E-state index contributed by atoms with van der Waals surface area (Å²) in [6, 6.07) is 0.852. The minimum atomic E-state index is -0.944. The number of carbonyl (C=O) groups excluding carboxylic acids is 1. The molecule has 21 heavy (non-hydrogen) atoms. The minimum Gasteiger partial charge on any atom is -0.480 e. The number of aliphatic carboxylic acids is 1. The predicted octanol–water partition coefficient (Wildman–Crippen LogP) is 0.910. The molecular formula is C13H20N4O3S. The van der Waals surface area contributed by atoms with Crippen LogP contribution < -0.4 is 5.32 Å². The predicted molar refractivity (Wildman–Crippen MR) is 80.1 cm³/mol. The van der Waals surface area contributed by atoms with Gasteiger partial charge in [0.05, 0.1) is 5.37 Å². The molecule has 1 aliphatic heterocycles. The third kappa shape index (κ3) is 3.49. The Morgan fingerprint density at radius 3 is 2.90 bits per heavy atom. The number of carboxylic acids is 1. The molecule has 1 aromatic rings. The molecule has 2 heterocycles. The number of carbonyl (C=O) groups is 2. The highest BCUT2D eigenvalue weighted by Gasteiger charge is 2.40. The Morgan fingerprint density at radius 1 is 1.57 bits per heavy atom. The van der Waals surface area contributed by atoms with Gasteiger partial charge in [-0.25, -0.2) is 9.59 Å². The monoisotopic (exact) mass is 312 g/mol. The molecule has 2 amide bonds. The van der Waals surface area contributed by atoms with Gasteiger partial charge in [-0.15, -0.1) is 11.8 Å². The Labute approximate surface area is 127 Å². The maximum Gasteiger partial charge on any atom is 0.327 e. The lowest BCUT2D eigenvalue weighted by molar-refractivity contribution is -0.141. The van der Waals surface area contributed by atoms with Gasteiger partial charge in [0, 0.05) is 37.7 Å². The number of hydrogen-bond donors (Lipinski definition) is 2. The quantitative estimate of drug-likeness (QED) is 0.844. The molecule has 1 fully saturated rings. The van der Waals surface area contributed by atoms with Gasteiger partial charge in [0.15, 0.2) is 0 Å². The van der Waals surface area contributed by atoms with Crippen LogP contribution in [0.25, 0.3) is 0 Å². The van der Waals surface area contributed by atoms with Crippen LogP contribution in [0, 0.1) is 0 Å². The summed E-state index contributed by atoms with van der Waals surface area (Å²) in [5, 5.41) is 16.0. The molecule has 7 nitrogen and oxygen atoms in total. The summed E-state index contributed by atoms with van der Waals surface area (Å²) in [7, 11) is 1.85. The third-order valence-corrected chi connectivity index (χ3v) is 4.99. The van der Waals surface area contributed by atoms with E-state index >= 15 is 0 Å². The second-order valence-electron chi connectivity index (χ2n) is 4.89. The van der Waals surface area contributed by atoms with Crippen LogP contribution in [-0.2, 0) is 18.3 Å². The van der Waals surface area contributed by atoms with E-state index < -0.39 is 12.0 Å². The van der Waals surface area contributed by atoms with Crippen molar-refractivity contribution >= 4 is 23.8 Å². The van der Waals surface area contributed by atoms with Crippen LogP contribution in [0.5, 0.6) is 0 Å². The van der Waals surface area contributed by atoms with Crippen molar-refractivity contribution in [3.8, 4) is 0 Å². The number of aromatic nitrogens is 2. The Hall–Kier alpha value is -1.70. The summed E-state index contributed by atoms with van der Waals surface area (Å²) >= 11 is 1.52. The molecule has 0 radical (unpaired) electrons. The SMILES string of the molecule is CCC1SCC(C(=O)O)N1C(=O)NCCc1ccnn1C. The van der Waals surface area contributed by atoms with Gasteiger partial charge in [0.2, 0.25) is 0 Å². The number of nitrogens with one attached hydrogen (secondary N) is 1. The van der Waals surface area contributed by atoms with E-state index in [0.29, 0.717) is 18.7 Å². The molecule has 0 bridgehead atoms. The van der Waals surface area contributed by atoms with Crippen molar-refractivity contribution < 1.29 is 14.7 Å². The Kier molecular flexibility index (Phi) is 5.11. The molecule has 2 rings (SSSR count). The zero-order valence-corrected chi connectivity index (χ0v) is 13.0. The lowest BCUT2D eigenvalue weighted by Crippen LogP contribution is -2.50. The van der Waals surface area contributed by atoms with Crippen molar-refractivity contribution in [2.24, 2.45) is 7.05 Å². The largest absolute Gasteiger partial charge is 0.480 e. The number of urea groups is 1. The van der Waals surface area contributed by atoms with Gasteiger partial charge in [-0.1, -0.05) is 6.92 Å². The number of thioether (sulfide) groups is 1. The lowest BCUT2D eigenvalue weighted by atomic mass is 10.2. The summed E-state index contributed by atoms with van der Waals surface area (Å²) < 4.78 is 1.76. The number of carboxylic acid groups (broad SMARTS) is 1. The van der Waals surface area contributed by atoms with Gasteiger partial charge in [-0.3, -0.25) is 9.58 Å². The standard InChI is InChI=1S/C13H20N4O3S/c1-3-11-17(10(8-21-11)12(18)19)13(20)14-6-4-9-5-7-15-16(9)2/h5,7,10-11H,3-4,6,8H2,1-2H3,(H,14,20)(H,18,19). The van der Waals surface area contributed by atoms with Gasteiger partial charge in [0.1, 0.15) is 6.04 Å². The van der Waals surface area contributed by atoms with E-state index in [9.17, 15) is 14.7 Å². The fourth-order valence-electron chi connectivity index (χ4n) is 2.38. The molecule has 0 spiro atoms. The van der Waals surface area contributed by atoms with Gasteiger partial charge in [-0.2, -0.15) is 5.10 Å². The molecule has 2 N–H and O–H groups in total. The van der Waals surface area contributed by atoms with Crippen LogP contribution in [-0.4, -0.2) is 55.5 Å². The molecule has 2 atom stereocenters. The zero-order valence-electron chi connectivity index (χ0n) is 12.2. The first-order valence-electron chi connectivity index (χ1n) is 6.92. The fourth-order valence-corrected chi connectivity index (χ4v) is 3.72. The number of nitrogens with zero attached hydrogens (tertiary/aromatic N) is 3. The first-order chi connectivity index (χ1) is 10.0.